The average molecular weight is 322 g/mol. The van der Waals surface area contributed by atoms with Crippen molar-refractivity contribution in [1.29, 1.82) is 0 Å². The molecular weight excluding hydrogens is 307 g/mol. The van der Waals surface area contributed by atoms with Crippen molar-refractivity contribution in [3.8, 4) is 0 Å². The van der Waals surface area contributed by atoms with Gasteiger partial charge < -0.3 is 5.11 Å². The van der Waals surface area contributed by atoms with Gasteiger partial charge in [-0.2, -0.15) is 0 Å². The van der Waals surface area contributed by atoms with Crippen LogP contribution in [0.25, 0.3) is 0 Å². The summed E-state index contributed by atoms with van der Waals surface area (Å²) in [6.45, 7) is 2.20. The van der Waals surface area contributed by atoms with Crippen LogP contribution in [-0.4, -0.2) is 14.8 Å². The summed E-state index contributed by atoms with van der Waals surface area (Å²) in [6, 6.07) is 0. The lowest BCUT2D eigenvalue weighted by atomic mass is 9.89. The number of aliphatic hydroxyl groups is 1. The zero-order valence-electron chi connectivity index (χ0n) is 8.29. The Labute approximate surface area is 103 Å². The van der Waals surface area contributed by atoms with E-state index in [0.29, 0.717) is 15.6 Å². The normalized spacial score (nSPS) is 33.4. The van der Waals surface area contributed by atoms with Crippen LogP contribution in [0.3, 0.4) is 0 Å². The van der Waals surface area contributed by atoms with E-state index in [0.717, 1.165) is 12.2 Å². The Hall–Kier alpha value is 0.360. The molecule has 0 aromatic rings. The molecule has 0 amide bonds. The molecule has 0 radical (unpaired) electrons. The molecule has 2 atom stereocenters. The summed E-state index contributed by atoms with van der Waals surface area (Å²) in [5.41, 5.74) is 1.51. The van der Waals surface area contributed by atoms with E-state index in [9.17, 15) is 5.11 Å². The second-order valence-corrected chi connectivity index (χ2v) is 6.62. The van der Waals surface area contributed by atoms with Crippen molar-refractivity contribution in [2.24, 2.45) is 5.92 Å². The van der Waals surface area contributed by atoms with E-state index in [1.165, 1.54) is 23.3 Å². The first-order valence-electron chi connectivity index (χ1n) is 5.04. The number of halogens is 1. The molecule has 0 aromatic heterocycles. The molecule has 0 saturated carbocycles. The number of allylic oxidation sites excluding steroid dienone is 4. The van der Waals surface area contributed by atoms with Gasteiger partial charge in [-0.25, -0.2) is 0 Å². The molecule has 0 fully saturated rings. The molecule has 1 aliphatic carbocycles. The Kier molecular flexibility index (Phi) is 3.47. The van der Waals surface area contributed by atoms with Gasteiger partial charge in [0.25, 0.3) is 0 Å². The minimum absolute atomic E-state index is 0.347. The zero-order valence-corrected chi connectivity index (χ0v) is 11.3. The Morgan fingerprint density at radius 3 is 2.86 bits per heavy atom. The molecule has 0 unspecified atom stereocenters. The molecule has 0 saturated heterocycles. The summed E-state index contributed by atoms with van der Waals surface area (Å²) in [5, 5.41) is 9.91. The van der Waals surface area contributed by atoms with Crippen LogP contribution in [-0.2, 0) is 0 Å². The Morgan fingerprint density at radius 1 is 1.57 bits per heavy atom. The molecular formula is C11H15IOS. The van der Waals surface area contributed by atoms with Gasteiger partial charge in [0.1, 0.15) is 5.76 Å². The fourth-order valence-electron chi connectivity index (χ4n) is 2.00. The van der Waals surface area contributed by atoms with Gasteiger partial charge in [-0.1, -0.05) is 34.2 Å². The highest BCUT2D eigenvalue weighted by molar-refractivity contribution is 14.1. The molecule has 0 spiro atoms. The molecule has 14 heavy (non-hydrogen) atoms. The largest absolute Gasteiger partial charge is 0.510 e. The van der Waals surface area contributed by atoms with E-state index in [4.69, 9.17) is 0 Å². The number of alkyl halides is 1. The summed E-state index contributed by atoms with van der Waals surface area (Å²) >= 11 is 4.19. The standard InChI is InChI=1S/C11H15IOS/c1-7-2-4-8(5-3-7)11-10(13)9(12)6-14-11/h2,8-9,13H,3-6H2,1H3/t8-,9-/m1/s1. The van der Waals surface area contributed by atoms with E-state index >= 15 is 0 Å². The molecule has 78 valence electrons. The van der Waals surface area contributed by atoms with Gasteiger partial charge in [-0.05, 0) is 32.1 Å². The van der Waals surface area contributed by atoms with Gasteiger partial charge in [-0.15, -0.1) is 11.8 Å². The van der Waals surface area contributed by atoms with E-state index in [1.54, 1.807) is 0 Å². The molecule has 0 aromatic carbocycles. The highest BCUT2D eigenvalue weighted by Crippen LogP contribution is 2.43. The Morgan fingerprint density at radius 2 is 2.36 bits per heavy atom. The van der Waals surface area contributed by atoms with Crippen LogP contribution in [0.2, 0.25) is 0 Å². The minimum atomic E-state index is 0.347. The first-order valence-corrected chi connectivity index (χ1v) is 7.27. The minimum Gasteiger partial charge on any atom is -0.510 e. The van der Waals surface area contributed by atoms with Gasteiger partial charge in [0.15, 0.2) is 0 Å². The molecule has 0 bridgehead atoms. The maximum atomic E-state index is 9.91. The summed E-state index contributed by atoms with van der Waals surface area (Å²) in [6.07, 6.45) is 5.88. The van der Waals surface area contributed by atoms with Crippen LogP contribution in [0.5, 0.6) is 0 Å². The van der Waals surface area contributed by atoms with Crippen LogP contribution < -0.4 is 0 Å². The van der Waals surface area contributed by atoms with Gasteiger partial charge in [0.05, 0.1) is 3.92 Å². The lowest BCUT2D eigenvalue weighted by Gasteiger charge is -2.21. The second kappa shape index (κ2) is 4.47. The van der Waals surface area contributed by atoms with Gasteiger partial charge in [0.2, 0.25) is 0 Å². The molecule has 1 aliphatic heterocycles. The topological polar surface area (TPSA) is 20.2 Å². The van der Waals surface area contributed by atoms with Gasteiger partial charge in [0, 0.05) is 10.7 Å². The fraction of sp³-hybridized carbons (Fsp3) is 0.636. The lowest BCUT2D eigenvalue weighted by Crippen LogP contribution is -2.07. The van der Waals surface area contributed by atoms with Crippen molar-refractivity contribution in [3.63, 3.8) is 0 Å². The van der Waals surface area contributed by atoms with E-state index in [-0.39, 0.29) is 0 Å². The quantitative estimate of drug-likeness (QED) is 0.446. The summed E-state index contributed by atoms with van der Waals surface area (Å²) in [5.74, 6) is 2.32. The van der Waals surface area contributed by atoms with Crippen LogP contribution in [0.1, 0.15) is 26.2 Å². The zero-order chi connectivity index (χ0) is 10.1. The van der Waals surface area contributed by atoms with Crippen molar-refractivity contribution >= 4 is 34.4 Å². The van der Waals surface area contributed by atoms with Crippen LogP contribution in [0.4, 0.5) is 0 Å². The third-order valence-electron chi connectivity index (χ3n) is 2.94. The van der Waals surface area contributed by atoms with Crippen molar-refractivity contribution in [3.05, 3.63) is 22.3 Å². The van der Waals surface area contributed by atoms with Crippen molar-refractivity contribution in [1.82, 2.24) is 0 Å². The van der Waals surface area contributed by atoms with Crippen LogP contribution >= 0.6 is 34.4 Å². The predicted octanol–water partition coefficient (Wildman–Crippen LogP) is 4.05. The number of hydrogen-bond donors (Lipinski definition) is 1. The number of hydrogen-bond acceptors (Lipinski definition) is 2. The molecule has 1 N–H and O–H groups in total. The first kappa shape index (κ1) is 10.9. The third kappa shape index (κ3) is 2.13. The summed E-state index contributed by atoms with van der Waals surface area (Å²) in [7, 11) is 0. The third-order valence-corrected chi connectivity index (χ3v) is 5.92. The van der Waals surface area contributed by atoms with E-state index in [2.05, 4.69) is 35.6 Å². The lowest BCUT2D eigenvalue weighted by molar-refractivity contribution is 0.391. The molecule has 1 nitrogen and oxygen atoms in total. The molecule has 1 heterocycles. The smallest absolute Gasteiger partial charge is 0.116 e. The number of thioether (sulfide) groups is 1. The maximum absolute atomic E-state index is 9.91. The highest BCUT2D eigenvalue weighted by atomic mass is 127. The maximum Gasteiger partial charge on any atom is 0.116 e. The van der Waals surface area contributed by atoms with E-state index in [1.807, 2.05) is 11.8 Å². The summed E-state index contributed by atoms with van der Waals surface area (Å²) in [4.78, 5) is 1.27. The monoisotopic (exact) mass is 322 g/mol. The fourth-order valence-corrected chi connectivity index (χ4v) is 4.31. The van der Waals surface area contributed by atoms with Gasteiger partial charge in [-0.3, -0.25) is 0 Å². The predicted molar refractivity (Wildman–Crippen MR) is 71.0 cm³/mol. The van der Waals surface area contributed by atoms with E-state index < -0.39 is 0 Å². The van der Waals surface area contributed by atoms with Crippen molar-refractivity contribution in [2.45, 2.75) is 30.1 Å². The second-order valence-electron chi connectivity index (χ2n) is 4.05. The van der Waals surface area contributed by atoms with Crippen LogP contribution in [0, 0.1) is 5.92 Å². The van der Waals surface area contributed by atoms with Crippen molar-refractivity contribution in [2.75, 3.05) is 5.75 Å². The Balaban J connectivity index is 2.10. The molecule has 2 aliphatic rings. The van der Waals surface area contributed by atoms with Crippen molar-refractivity contribution < 1.29 is 5.11 Å². The number of aliphatic hydroxyl groups excluding tert-OH is 1. The Bertz CT molecular complexity index is 296. The molecule has 2 rings (SSSR count). The van der Waals surface area contributed by atoms with Gasteiger partial charge >= 0.3 is 0 Å². The average Bonchev–Trinajstić information content (AvgIpc) is 2.50. The number of rotatable bonds is 1. The highest BCUT2D eigenvalue weighted by Gasteiger charge is 2.29. The molecule has 3 heteroatoms. The SMILES string of the molecule is CC1=CC[C@@H](C2=C(O)[C@H](I)CS2)CC1. The van der Waals surface area contributed by atoms with Crippen LogP contribution in [0.15, 0.2) is 22.3 Å². The first-order chi connectivity index (χ1) is 6.68. The summed E-state index contributed by atoms with van der Waals surface area (Å²) < 4.78 is 0.347.